The Morgan fingerprint density at radius 3 is 2.56 bits per heavy atom. The number of carbonyl (C=O) groups is 2. The number of halogens is 1. The maximum absolute atomic E-state index is 13.6. The molecule has 1 aromatic heterocycles. The van der Waals surface area contributed by atoms with Crippen molar-refractivity contribution < 1.29 is 18.7 Å². The van der Waals surface area contributed by atoms with Crippen LogP contribution in [-0.2, 0) is 31.0 Å². The predicted molar refractivity (Wildman–Crippen MR) is 123 cm³/mol. The van der Waals surface area contributed by atoms with Gasteiger partial charge in [0.2, 0.25) is 0 Å². The van der Waals surface area contributed by atoms with Gasteiger partial charge in [-0.3, -0.25) is 9.59 Å². The van der Waals surface area contributed by atoms with E-state index in [0.717, 1.165) is 61.8 Å². The van der Waals surface area contributed by atoms with Crippen LogP contribution in [0.5, 0.6) is 0 Å². The van der Waals surface area contributed by atoms with E-state index < -0.39 is 12.2 Å². The number of carbonyl (C=O) groups excluding carboxylic acids is 2. The number of fused-ring (bicyclic) bond motifs is 3. The van der Waals surface area contributed by atoms with Gasteiger partial charge in [-0.2, -0.15) is 0 Å². The van der Waals surface area contributed by atoms with E-state index in [9.17, 15) is 14.0 Å². The minimum Gasteiger partial charge on any atom is -0.381 e. The molecule has 2 N–H and O–H groups in total. The zero-order valence-electron chi connectivity index (χ0n) is 19.5. The Morgan fingerprint density at radius 2 is 1.94 bits per heavy atom. The SMILES string of the molecule is CCc1c(C(=O)NC(C)F)c(C(=O)NC)cc2c3c(n(C)c12)CCC(C1CCOCC1)C3. The molecule has 7 heteroatoms. The molecule has 1 saturated heterocycles. The van der Waals surface area contributed by atoms with E-state index in [2.05, 4.69) is 15.2 Å². The summed E-state index contributed by atoms with van der Waals surface area (Å²) in [6.07, 6.45) is 4.43. The van der Waals surface area contributed by atoms with E-state index in [1.165, 1.54) is 18.2 Å². The molecule has 1 aliphatic heterocycles. The third-order valence-electron chi connectivity index (χ3n) is 7.35. The molecule has 0 saturated carbocycles. The zero-order valence-corrected chi connectivity index (χ0v) is 19.5. The molecule has 0 radical (unpaired) electrons. The maximum atomic E-state index is 13.6. The van der Waals surface area contributed by atoms with Crippen LogP contribution in [0.3, 0.4) is 0 Å². The van der Waals surface area contributed by atoms with Crippen LogP contribution in [0.15, 0.2) is 6.07 Å². The highest BCUT2D eigenvalue weighted by Gasteiger charge is 2.33. The standard InChI is InChI=1S/C25H34FN3O3/c1-5-17-22(25(31)28-14(2)26)20(24(30)27-3)13-19-18-12-16(15-8-10-32-11-9-15)6-7-21(18)29(4)23(17)19/h13-16H,5-12H2,1-4H3,(H,27,30)(H,28,31). The molecule has 0 spiro atoms. The van der Waals surface area contributed by atoms with Crippen LogP contribution >= 0.6 is 0 Å². The predicted octanol–water partition coefficient (Wildman–Crippen LogP) is 3.68. The average molecular weight is 444 g/mol. The Bertz CT molecular complexity index is 1040. The maximum Gasteiger partial charge on any atom is 0.254 e. The highest BCUT2D eigenvalue weighted by atomic mass is 19.1. The molecule has 0 bridgehead atoms. The van der Waals surface area contributed by atoms with E-state index in [0.29, 0.717) is 23.8 Å². The van der Waals surface area contributed by atoms with E-state index in [4.69, 9.17) is 4.74 Å². The minimum atomic E-state index is -1.50. The molecule has 32 heavy (non-hydrogen) atoms. The van der Waals surface area contributed by atoms with Crippen molar-refractivity contribution in [2.24, 2.45) is 18.9 Å². The van der Waals surface area contributed by atoms with E-state index in [1.54, 1.807) is 7.05 Å². The fourth-order valence-corrected chi connectivity index (χ4v) is 5.83. The first-order valence-electron chi connectivity index (χ1n) is 11.8. The van der Waals surface area contributed by atoms with Gasteiger partial charge in [0.25, 0.3) is 11.8 Å². The van der Waals surface area contributed by atoms with Crippen LogP contribution in [0.25, 0.3) is 10.9 Å². The lowest BCUT2D eigenvalue weighted by Crippen LogP contribution is -2.33. The summed E-state index contributed by atoms with van der Waals surface area (Å²) < 4.78 is 21.4. The number of hydrogen-bond acceptors (Lipinski definition) is 3. The summed E-state index contributed by atoms with van der Waals surface area (Å²) in [6, 6.07) is 1.86. The number of amides is 2. The lowest BCUT2D eigenvalue weighted by Gasteiger charge is -2.33. The summed E-state index contributed by atoms with van der Waals surface area (Å²) >= 11 is 0. The lowest BCUT2D eigenvalue weighted by molar-refractivity contribution is 0.0439. The second-order valence-electron chi connectivity index (χ2n) is 9.13. The van der Waals surface area contributed by atoms with Gasteiger partial charge in [0.15, 0.2) is 6.30 Å². The van der Waals surface area contributed by atoms with Crippen LogP contribution in [0.2, 0.25) is 0 Å². The second kappa shape index (κ2) is 9.22. The third-order valence-corrected chi connectivity index (χ3v) is 7.35. The highest BCUT2D eigenvalue weighted by Crippen LogP contribution is 2.41. The van der Waals surface area contributed by atoms with E-state index >= 15 is 0 Å². The van der Waals surface area contributed by atoms with Crippen molar-refractivity contribution >= 4 is 22.7 Å². The molecule has 2 aromatic rings. The third kappa shape index (κ3) is 3.91. The van der Waals surface area contributed by atoms with Crippen LogP contribution in [-0.4, -0.2) is 42.9 Å². The first-order chi connectivity index (χ1) is 15.4. The van der Waals surface area contributed by atoms with Gasteiger partial charge in [0.1, 0.15) is 0 Å². The van der Waals surface area contributed by atoms with Crippen molar-refractivity contribution in [3.63, 3.8) is 0 Å². The molecule has 4 rings (SSSR count). The number of ether oxygens (including phenoxy) is 1. The van der Waals surface area contributed by atoms with Gasteiger partial charge >= 0.3 is 0 Å². The molecule has 2 atom stereocenters. The Kier molecular flexibility index (Phi) is 6.56. The fourth-order valence-electron chi connectivity index (χ4n) is 5.83. The van der Waals surface area contributed by atoms with Gasteiger partial charge in [0.05, 0.1) is 16.6 Å². The number of nitrogens with one attached hydrogen (secondary N) is 2. The molecule has 1 aliphatic carbocycles. The molecule has 174 valence electrons. The fraction of sp³-hybridized carbons (Fsp3) is 0.600. The average Bonchev–Trinajstić information content (AvgIpc) is 3.08. The quantitative estimate of drug-likeness (QED) is 0.693. The van der Waals surface area contributed by atoms with E-state index in [-0.39, 0.29) is 11.5 Å². The Hall–Kier alpha value is -2.41. The zero-order chi connectivity index (χ0) is 23.0. The second-order valence-corrected chi connectivity index (χ2v) is 9.13. The summed E-state index contributed by atoms with van der Waals surface area (Å²) in [5.41, 5.74) is 4.99. The highest BCUT2D eigenvalue weighted by molar-refractivity contribution is 6.12. The smallest absolute Gasteiger partial charge is 0.254 e. The normalized spacial score (nSPS) is 20.1. The van der Waals surface area contributed by atoms with Crippen molar-refractivity contribution in [2.45, 2.75) is 58.7 Å². The number of hydrogen-bond donors (Lipinski definition) is 2. The number of alkyl halides is 1. The first-order valence-corrected chi connectivity index (χ1v) is 11.8. The molecule has 2 unspecified atom stereocenters. The van der Waals surface area contributed by atoms with Gasteiger partial charge in [-0.1, -0.05) is 6.92 Å². The Balaban J connectivity index is 1.88. The van der Waals surface area contributed by atoms with Gasteiger partial charge < -0.3 is 19.9 Å². The Labute approximate surface area is 188 Å². The van der Waals surface area contributed by atoms with Crippen molar-refractivity contribution in [2.75, 3.05) is 20.3 Å². The molecule has 2 amide bonds. The largest absolute Gasteiger partial charge is 0.381 e. The topological polar surface area (TPSA) is 72.4 Å². The first kappa shape index (κ1) is 22.8. The molecule has 1 aromatic carbocycles. The Morgan fingerprint density at radius 1 is 1.22 bits per heavy atom. The molecular weight excluding hydrogens is 409 g/mol. The molecule has 2 aliphatic rings. The van der Waals surface area contributed by atoms with Crippen molar-refractivity contribution in [1.82, 2.24) is 15.2 Å². The summed E-state index contributed by atoms with van der Waals surface area (Å²) in [5, 5.41) is 6.06. The van der Waals surface area contributed by atoms with Crippen LogP contribution in [0.4, 0.5) is 4.39 Å². The van der Waals surface area contributed by atoms with Gasteiger partial charge in [-0.25, -0.2) is 4.39 Å². The monoisotopic (exact) mass is 443 g/mol. The molecule has 1 fully saturated rings. The van der Waals surface area contributed by atoms with Crippen molar-refractivity contribution in [3.05, 3.63) is 34.0 Å². The number of benzene rings is 1. The van der Waals surface area contributed by atoms with Gasteiger partial charge in [-0.05, 0) is 74.5 Å². The molecular formula is C25H34FN3O3. The number of aryl methyl sites for hydroxylation is 2. The molecule has 6 nitrogen and oxygen atoms in total. The van der Waals surface area contributed by atoms with Gasteiger partial charge in [0, 0.05) is 38.4 Å². The molecule has 2 heterocycles. The van der Waals surface area contributed by atoms with Crippen molar-refractivity contribution in [3.8, 4) is 0 Å². The van der Waals surface area contributed by atoms with Crippen molar-refractivity contribution in [1.29, 1.82) is 0 Å². The van der Waals surface area contributed by atoms with Gasteiger partial charge in [-0.15, -0.1) is 0 Å². The van der Waals surface area contributed by atoms with E-state index in [1.807, 2.05) is 20.0 Å². The number of rotatable bonds is 5. The summed E-state index contributed by atoms with van der Waals surface area (Å²) in [6.45, 7) is 4.94. The lowest BCUT2D eigenvalue weighted by atomic mass is 9.75. The summed E-state index contributed by atoms with van der Waals surface area (Å²) in [4.78, 5) is 25.8. The summed E-state index contributed by atoms with van der Waals surface area (Å²) in [5.74, 6) is 0.414. The number of aromatic nitrogens is 1. The van der Waals surface area contributed by atoms with Crippen LogP contribution in [0, 0.1) is 11.8 Å². The van der Waals surface area contributed by atoms with Crippen LogP contribution in [0.1, 0.15) is 70.6 Å². The summed E-state index contributed by atoms with van der Waals surface area (Å²) in [7, 11) is 3.60. The van der Waals surface area contributed by atoms with Crippen LogP contribution < -0.4 is 10.6 Å². The number of nitrogens with zero attached hydrogens (tertiary/aromatic N) is 1. The minimum absolute atomic E-state index is 0.280.